The smallest absolute Gasteiger partial charge is 0.505 e. The first-order chi connectivity index (χ1) is 19.3. The quantitative estimate of drug-likeness (QED) is 0.166. The van der Waals surface area contributed by atoms with Gasteiger partial charge in [0.05, 0.1) is 19.7 Å². The fourth-order valence-corrected chi connectivity index (χ4v) is 5.17. The molecule has 0 saturated carbocycles. The first kappa shape index (κ1) is 31.5. The molecule has 2 aromatic rings. The van der Waals surface area contributed by atoms with Crippen molar-refractivity contribution in [3.63, 3.8) is 0 Å². The molecule has 1 aliphatic rings. The van der Waals surface area contributed by atoms with Crippen LogP contribution in [0.1, 0.15) is 37.3 Å². The Balaban J connectivity index is 1.57. The highest BCUT2D eigenvalue weighted by atomic mass is 32.2. The summed E-state index contributed by atoms with van der Waals surface area (Å²) in [6, 6.07) is 15.8. The van der Waals surface area contributed by atoms with Crippen molar-refractivity contribution in [3.8, 4) is 5.75 Å². The van der Waals surface area contributed by atoms with Gasteiger partial charge in [0.25, 0.3) is 0 Å². The van der Waals surface area contributed by atoms with E-state index in [1.807, 2.05) is 36.0 Å². The summed E-state index contributed by atoms with van der Waals surface area (Å²) in [7, 11) is 2.31. The summed E-state index contributed by atoms with van der Waals surface area (Å²) in [5, 5.41) is 0. The van der Waals surface area contributed by atoms with Gasteiger partial charge >= 0.3 is 13.1 Å². The van der Waals surface area contributed by atoms with Crippen LogP contribution in [0.4, 0.5) is 0 Å². The summed E-state index contributed by atoms with van der Waals surface area (Å²) in [4.78, 5) is 24.3. The van der Waals surface area contributed by atoms with E-state index in [4.69, 9.17) is 18.8 Å². The number of ether oxygens (including phenoxy) is 2. The van der Waals surface area contributed by atoms with Gasteiger partial charge in [0.1, 0.15) is 24.4 Å². The van der Waals surface area contributed by atoms with Crippen LogP contribution in [-0.2, 0) is 30.2 Å². The van der Waals surface area contributed by atoms with E-state index in [0.717, 1.165) is 36.4 Å². The van der Waals surface area contributed by atoms with Gasteiger partial charge in [-0.05, 0) is 79.2 Å². The van der Waals surface area contributed by atoms with Crippen LogP contribution in [0.25, 0.3) is 0 Å². The first-order valence-corrected chi connectivity index (χ1v) is 14.9. The van der Waals surface area contributed by atoms with Crippen molar-refractivity contribution in [2.75, 3.05) is 45.9 Å². The Morgan fingerprint density at radius 3 is 2.60 bits per heavy atom. The summed E-state index contributed by atoms with van der Waals surface area (Å²) in [5.41, 5.74) is 4.34. The third kappa shape index (κ3) is 9.57. The summed E-state index contributed by atoms with van der Waals surface area (Å²) < 4.78 is 22.8. The van der Waals surface area contributed by atoms with Crippen LogP contribution in [0, 0.1) is 5.92 Å². The van der Waals surface area contributed by atoms with Gasteiger partial charge in [0.2, 0.25) is 0 Å². The Kier molecular flexibility index (Phi) is 12.8. The molecule has 0 aliphatic heterocycles. The van der Waals surface area contributed by atoms with Crippen LogP contribution < -0.4 is 10.2 Å². The highest BCUT2D eigenvalue weighted by Crippen LogP contribution is 2.37. The molecule has 1 aliphatic carbocycles. The minimum atomic E-state index is -0.841. The lowest BCUT2D eigenvalue weighted by molar-refractivity contribution is -0.136. The Morgan fingerprint density at radius 2 is 1.93 bits per heavy atom. The first-order valence-electron chi connectivity index (χ1n) is 13.5. The van der Waals surface area contributed by atoms with Gasteiger partial charge in [-0.25, -0.2) is 0 Å². The normalized spacial score (nSPS) is 16.6. The summed E-state index contributed by atoms with van der Waals surface area (Å²) in [6.07, 6.45) is 8.31. The summed E-state index contributed by atoms with van der Waals surface area (Å²) in [6.45, 7) is 5.76. The second-order valence-corrected chi connectivity index (χ2v) is 11.0. The third-order valence-corrected chi connectivity index (χ3v) is 7.38. The molecule has 7 nitrogen and oxygen atoms in total. The number of benzene rings is 2. The lowest BCUT2D eigenvalue weighted by atomic mass is 9.78. The Hall–Kier alpha value is -3.01. The van der Waals surface area contributed by atoms with Gasteiger partial charge in [0.15, 0.2) is 0 Å². The van der Waals surface area contributed by atoms with Crippen LogP contribution in [0.2, 0.25) is 0 Å². The maximum absolute atomic E-state index is 12.2. The number of nitrogens with zero attached hydrogens (tertiary/aromatic N) is 1. The monoisotopic (exact) mass is 565 g/mol. The molecular weight excluding hydrogens is 525 g/mol. The molecule has 0 N–H and O–H groups in total. The highest BCUT2D eigenvalue weighted by Gasteiger charge is 2.26. The molecule has 0 aromatic heterocycles. The third-order valence-electron chi connectivity index (χ3n) is 6.68. The number of aldehydes is 1. The van der Waals surface area contributed by atoms with Crippen molar-refractivity contribution in [1.29, 1.82) is 0 Å². The zero-order chi connectivity index (χ0) is 28.9. The predicted octanol–water partition coefficient (Wildman–Crippen LogP) is 4.61. The van der Waals surface area contributed by atoms with Crippen LogP contribution in [0.15, 0.2) is 72.0 Å². The molecule has 0 bridgehead atoms. The fourth-order valence-electron chi connectivity index (χ4n) is 4.77. The molecule has 214 valence electrons. The number of hydrogen-bond acceptors (Lipinski definition) is 8. The number of allylic oxidation sites excluding steroid dienone is 3. The standard InChI is InChI=1S/C31H40BNO6S/c1-23-18-29(37-16-7-17-40-5)19-24(2)31(23)26-9-6-8-25(20-26)22-38-28-12-10-27(11-13-28)32(36-4)39-30(35)21-33(3)14-15-34/h6,8-13,15,18-20,23,31H,7,14,16-17,21-22H2,1-5H3. The molecule has 0 spiro atoms. The lowest BCUT2D eigenvalue weighted by Gasteiger charge is -2.28. The van der Waals surface area contributed by atoms with Crippen molar-refractivity contribution < 1.29 is 28.4 Å². The topological polar surface area (TPSA) is 74.3 Å². The van der Waals surface area contributed by atoms with Crippen molar-refractivity contribution >= 4 is 36.6 Å². The molecule has 0 fully saturated rings. The molecule has 0 amide bonds. The minimum absolute atomic E-state index is 0.00259. The van der Waals surface area contributed by atoms with Gasteiger partial charge in [0, 0.05) is 13.0 Å². The lowest BCUT2D eigenvalue weighted by Crippen LogP contribution is -2.40. The van der Waals surface area contributed by atoms with E-state index in [2.05, 4.69) is 56.5 Å². The van der Waals surface area contributed by atoms with Crippen LogP contribution in [0.3, 0.4) is 0 Å². The van der Waals surface area contributed by atoms with Crippen molar-refractivity contribution in [3.05, 3.63) is 83.1 Å². The van der Waals surface area contributed by atoms with Crippen LogP contribution >= 0.6 is 11.8 Å². The number of carbonyl (C=O) groups excluding carboxylic acids is 2. The molecule has 0 saturated heterocycles. The van der Waals surface area contributed by atoms with E-state index < -0.39 is 13.1 Å². The van der Waals surface area contributed by atoms with E-state index in [1.54, 1.807) is 11.9 Å². The van der Waals surface area contributed by atoms with E-state index in [9.17, 15) is 9.59 Å². The molecule has 0 radical (unpaired) electrons. The molecule has 2 aromatic carbocycles. The minimum Gasteiger partial charge on any atom is -0.505 e. The maximum atomic E-state index is 12.2. The van der Waals surface area contributed by atoms with Crippen molar-refractivity contribution in [2.45, 2.75) is 32.8 Å². The zero-order valence-corrected chi connectivity index (χ0v) is 24.9. The zero-order valence-electron chi connectivity index (χ0n) is 24.1. The molecule has 0 heterocycles. The number of carbonyl (C=O) groups is 2. The number of hydrogen-bond donors (Lipinski definition) is 0. The molecule has 2 unspecified atom stereocenters. The predicted molar refractivity (Wildman–Crippen MR) is 162 cm³/mol. The average molecular weight is 566 g/mol. The molecule has 40 heavy (non-hydrogen) atoms. The van der Waals surface area contributed by atoms with Gasteiger partial charge in [-0.3, -0.25) is 9.69 Å². The maximum Gasteiger partial charge on any atom is 0.564 e. The van der Waals surface area contributed by atoms with Crippen LogP contribution in [-0.4, -0.2) is 70.1 Å². The van der Waals surface area contributed by atoms with E-state index >= 15 is 0 Å². The number of likely N-dealkylation sites (N-methyl/N-ethyl adjacent to an activating group) is 1. The molecule has 9 heteroatoms. The van der Waals surface area contributed by atoms with E-state index in [0.29, 0.717) is 29.7 Å². The van der Waals surface area contributed by atoms with Crippen LogP contribution in [0.5, 0.6) is 5.75 Å². The van der Waals surface area contributed by atoms with Gasteiger partial charge < -0.3 is 23.6 Å². The number of thioether (sulfide) groups is 1. The largest absolute Gasteiger partial charge is 0.564 e. The summed E-state index contributed by atoms with van der Waals surface area (Å²) >= 11 is 1.84. The molecular formula is C31H40BNO6S. The number of rotatable bonds is 16. The summed E-state index contributed by atoms with van der Waals surface area (Å²) in [5.74, 6) is 2.94. The fraction of sp³-hybridized carbons (Fsp3) is 0.419. The van der Waals surface area contributed by atoms with Gasteiger partial charge in [-0.1, -0.05) is 48.9 Å². The molecule has 3 rings (SSSR count). The van der Waals surface area contributed by atoms with E-state index in [1.165, 1.54) is 18.2 Å². The van der Waals surface area contributed by atoms with E-state index in [-0.39, 0.29) is 13.1 Å². The second-order valence-electron chi connectivity index (χ2n) is 10.0. The molecule has 2 atom stereocenters. The average Bonchev–Trinajstić information content (AvgIpc) is 2.93. The Labute approximate surface area is 243 Å². The van der Waals surface area contributed by atoms with Gasteiger partial charge in [-0.2, -0.15) is 11.8 Å². The SMILES string of the molecule is COB(OC(=O)CN(C)CC=O)c1ccc(OCc2cccc(C3C(C)=CC(OCCCSC)=CC3C)c2)cc1. The van der Waals surface area contributed by atoms with Gasteiger partial charge in [-0.15, -0.1) is 0 Å². The second kappa shape index (κ2) is 16.3. The Bertz CT molecular complexity index is 1170. The Morgan fingerprint density at radius 1 is 1.15 bits per heavy atom. The van der Waals surface area contributed by atoms with Crippen molar-refractivity contribution in [1.82, 2.24) is 4.90 Å². The highest BCUT2D eigenvalue weighted by molar-refractivity contribution is 7.98. The van der Waals surface area contributed by atoms with Crippen molar-refractivity contribution in [2.24, 2.45) is 5.92 Å².